The fourth-order valence-electron chi connectivity index (χ4n) is 0.935. The number of H-pyrrole nitrogens is 1. The number of aromatic nitrogens is 2. The van der Waals surface area contributed by atoms with Gasteiger partial charge in [-0.05, 0) is 11.4 Å². The summed E-state index contributed by atoms with van der Waals surface area (Å²) in [6, 6.07) is 1.81. The molecule has 0 saturated carbocycles. The zero-order valence-electron chi connectivity index (χ0n) is 6.15. The topological polar surface area (TPSA) is 45.8 Å². The van der Waals surface area contributed by atoms with Gasteiger partial charge in [-0.25, -0.2) is 0 Å². The van der Waals surface area contributed by atoms with E-state index in [0.717, 1.165) is 5.56 Å². The first-order valence-corrected chi connectivity index (χ1v) is 4.38. The van der Waals surface area contributed by atoms with Crippen LogP contribution in [0.25, 0.3) is 0 Å². The average Bonchev–Trinajstić information content (AvgIpc) is 2.77. The fourth-order valence-corrected chi connectivity index (χ4v) is 1.57. The zero-order chi connectivity index (χ0) is 8.39. The number of nitrogens with one attached hydrogen (secondary N) is 1. The molecule has 60 valence electrons. The molecule has 0 saturated heterocycles. The van der Waals surface area contributed by atoms with Crippen LogP contribution in [0.1, 0.15) is 15.9 Å². The Kier molecular flexibility index (Phi) is 1.75. The molecule has 0 aromatic carbocycles. The molecule has 2 aromatic rings. The summed E-state index contributed by atoms with van der Waals surface area (Å²) in [5.74, 6) is 0.0185. The minimum Gasteiger partial charge on any atom is -0.288 e. The number of carbonyl (C=O) groups is 1. The van der Waals surface area contributed by atoms with Crippen LogP contribution < -0.4 is 0 Å². The number of thiophene rings is 1. The maximum absolute atomic E-state index is 11.5. The highest BCUT2D eigenvalue weighted by atomic mass is 32.1. The van der Waals surface area contributed by atoms with Gasteiger partial charge in [0.05, 0.1) is 11.8 Å². The highest BCUT2D eigenvalue weighted by molar-refractivity contribution is 7.08. The molecule has 2 aromatic heterocycles. The maximum Gasteiger partial charge on any atom is 0.197 e. The molecule has 3 nitrogen and oxygen atoms in total. The normalized spacial score (nSPS) is 10.0. The van der Waals surface area contributed by atoms with Crippen LogP contribution in [0.2, 0.25) is 0 Å². The summed E-state index contributed by atoms with van der Waals surface area (Å²) in [4.78, 5) is 11.5. The molecular weight excluding hydrogens is 172 g/mol. The molecule has 0 spiro atoms. The van der Waals surface area contributed by atoms with Crippen molar-refractivity contribution in [3.63, 3.8) is 0 Å². The fraction of sp³-hybridized carbons (Fsp3) is 0. The third-order valence-electron chi connectivity index (χ3n) is 1.54. The Morgan fingerprint density at radius 1 is 1.50 bits per heavy atom. The smallest absolute Gasteiger partial charge is 0.197 e. The molecule has 2 rings (SSSR count). The lowest BCUT2D eigenvalue weighted by Crippen LogP contribution is -1.96. The van der Waals surface area contributed by atoms with E-state index < -0.39 is 0 Å². The second-order valence-electron chi connectivity index (χ2n) is 2.33. The molecule has 0 atom stereocenters. The Hall–Kier alpha value is -1.42. The largest absolute Gasteiger partial charge is 0.288 e. The van der Waals surface area contributed by atoms with Crippen molar-refractivity contribution in [2.75, 3.05) is 0 Å². The van der Waals surface area contributed by atoms with E-state index >= 15 is 0 Å². The van der Waals surface area contributed by atoms with Crippen molar-refractivity contribution in [1.82, 2.24) is 10.2 Å². The van der Waals surface area contributed by atoms with Gasteiger partial charge in [-0.2, -0.15) is 16.4 Å². The van der Waals surface area contributed by atoms with E-state index in [1.54, 1.807) is 12.3 Å². The number of aromatic amines is 1. The first-order chi connectivity index (χ1) is 5.88. The molecule has 1 N–H and O–H groups in total. The number of rotatable bonds is 2. The van der Waals surface area contributed by atoms with Crippen LogP contribution in [0.5, 0.6) is 0 Å². The van der Waals surface area contributed by atoms with Crippen LogP contribution >= 0.6 is 11.3 Å². The van der Waals surface area contributed by atoms with Crippen LogP contribution in [-0.4, -0.2) is 16.0 Å². The summed E-state index contributed by atoms with van der Waals surface area (Å²) in [7, 11) is 0. The molecule has 2 heterocycles. The third-order valence-corrected chi connectivity index (χ3v) is 2.23. The predicted octanol–water partition coefficient (Wildman–Crippen LogP) is 1.70. The van der Waals surface area contributed by atoms with Crippen LogP contribution in [-0.2, 0) is 0 Å². The van der Waals surface area contributed by atoms with Crippen molar-refractivity contribution < 1.29 is 4.79 Å². The average molecular weight is 178 g/mol. The second kappa shape index (κ2) is 2.91. The Labute approximate surface area is 73.1 Å². The summed E-state index contributed by atoms with van der Waals surface area (Å²) in [6.45, 7) is 0. The van der Waals surface area contributed by atoms with Crippen molar-refractivity contribution in [2.24, 2.45) is 0 Å². The summed E-state index contributed by atoms with van der Waals surface area (Å²) >= 11 is 1.51. The predicted molar refractivity (Wildman–Crippen MR) is 46.3 cm³/mol. The quantitative estimate of drug-likeness (QED) is 0.711. The van der Waals surface area contributed by atoms with Crippen LogP contribution in [0.15, 0.2) is 29.2 Å². The number of nitrogens with zero attached hydrogens (tertiary/aromatic N) is 1. The van der Waals surface area contributed by atoms with Crippen molar-refractivity contribution in [3.8, 4) is 0 Å². The molecule has 0 aliphatic rings. The molecule has 0 fully saturated rings. The van der Waals surface area contributed by atoms with E-state index in [2.05, 4.69) is 10.2 Å². The van der Waals surface area contributed by atoms with Crippen LogP contribution in [0, 0.1) is 0 Å². The Balaban J connectivity index is 2.34. The first kappa shape index (κ1) is 7.24. The van der Waals surface area contributed by atoms with Gasteiger partial charge in [-0.3, -0.25) is 9.89 Å². The lowest BCUT2D eigenvalue weighted by Gasteiger charge is -1.89. The first-order valence-electron chi connectivity index (χ1n) is 3.43. The third kappa shape index (κ3) is 1.16. The lowest BCUT2D eigenvalue weighted by atomic mass is 10.1. The molecule has 0 unspecified atom stereocenters. The molecular formula is C8H6N2OS. The molecule has 0 radical (unpaired) electrons. The summed E-state index contributed by atoms with van der Waals surface area (Å²) < 4.78 is 0. The number of hydrogen-bond acceptors (Lipinski definition) is 3. The van der Waals surface area contributed by atoms with Gasteiger partial charge in [-0.15, -0.1) is 0 Å². The summed E-state index contributed by atoms with van der Waals surface area (Å²) in [6.07, 6.45) is 3.12. The molecule has 4 heteroatoms. The zero-order valence-corrected chi connectivity index (χ0v) is 6.97. The monoisotopic (exact) mass is 178 g/mol. The van der Waals surface area contributed by atoms with Crippen molar-refractivity contribution in [1.29, 1.82) is 0 Å². The molecule has 12 heavy (non-hydrogen) atoms. The standard InChI is InChI=1S/C8H6N2OS/c11-8(6-1-2-12-5-6)7-3-9-10-4-7/h1-5H,(H,9,10). The minimum atomic E-state index is 0.0185. The maximum atomic E-state index is 11.5. The van der Waals surface area contributed by atoms with E-state index in [4.69, 9.17) is 0 Å². The number of carbonyl (C=O) groups excluding carboxylic acids is 1. The van der Waals surface area contributed by atoms with Gasteiger partial charge in [0.2, 0.25) is 0 Å². The van der Waals surface area contributed by atoms with Gasteiger partial charge in [0.15, 0.2) is 5.78 Å². The van der Waals surface area contributed by atoms with Gasteiger partial charge < -0.3 is 0 Å². The lowest BCUT2D eigenvalue weighted by molar-refractivity contribution is 0.103. The van der Waals surface area contributed by atoms with Gasteiger partial charge in [0.1, 0.15) is 0 Å². The molecule has 0 bridgehead atoms. The summed E-state index contributed by atoms with van der Waals surface area (Å²) in [5.41, 5.74) is 1.33. The van der Waals surface area contributed by atoms with E-state index in [-0.39, 0.29) is 5.78 Å². The van der Waals surface area contributed by atoms with Gasteiger partial charge in [-0.1, -0.05) is 0 Å². The second-order valence-corrected chi connectivity index (χ2v) is 3.11. The van der Waals surface area contributed by atoms with Crippen molar-refractivity contribution >= 4 is 17.1 Å². The highest BCUT2D eigenvalue weighted by Crippen LogP contribution is 2.11. The van der Waals surface area contributed by atoms with E-state index in [0.29, 0.717) is 5.56 Å². The van der Waals surface area contributed by atoms with Gasteiger partial charge in [0.25, 0.3) is 0 Å². The Morgan fingerprint density at radius 2 is 2.42 bits per heavy atom. The van der Waals surface area contributed by atoms with Crippen LogP contribution in [0.4, 0.5) is 0 Å². The molecule has 0 aliphatic heterocycles. The van der Waals surface area contributed by atoms with Crippen molar-refractivity contribution in [3.05, 3.63) is 40.3 Å². The molecule has 0 amide bonds. The van der Waals surface area contributed by atoms with Crippen molar-refractivity contribution in [2.45, 2.75) is 0 Å². The highest BCUT2D eigenvalue weighted by Gasteiger charge is 2.09. The SMILES string of the molecule is O=C(c1cn[nH]c1)c1ccsc1. The Morgan fingerprint density at radius 3 is 3.00 bits per heavy atom. The number of hydrogen-bond donors (Lipinski definition) is 1. The van der Waals surface area contributed by atoms with E-state index in [9.17, 15) is 4.79 Å². The van der Waals surface area contributed by atoms with Crippen LogP contribution in [0.3, 0.4) is 0 Å². The summed E-state index contributed by atoms with van der Waals surface area (Å²) in [5, 5.41) is 10.0. The van der Waals surface area contributed by atoms with E-state index in [1.807, 2.05) is 10.8 Å². The molecule has 0 aliphatic carbocycles. The Bertz CT molecular complexity index is 327. The van der Waals surface area contributed by atoms with Gasteiger partial charge >= 0.3 is 0 Å². The van der Waals surface area contributed by atoms with Gasteiger partial charge in [0, 0.05) is 17.1 Å². The number of ketones is 1. The minimum absolute atomic E-state index is 0.0185. The van der Waals surface area contributed by atoms with E-state index in [1.165, 1.54) is 17.5 Å².